The number of hydrogen-bond acceptors (Lipinski definition) is 3. The Kier molecular flexibility index (Phi) is 4.52. The Morgan fingerprint density at radius 3 is 2.79 bits per heavy atom. The van der Waals surface area contributed by atoms with E-state index in [1.807, 2.05) is 30.3 Å². The fourth-order valence-corrected chi connectivity index (χ4v) is 2.04. The van der Waals surface area contributed by atoms with Crippen LogP contribution >= 0.6 is 0 Å². The number of rotatable bonds is 4. The summed E-state index contributed by atoms with van der Waals surface area (Å²) in [5, 5.41) is 0. The first-order valence-electron chi connectivity index (χ1n) is 6.23. The molecule has 0 aliphatic carbocycles. The lowest BCUT2D eigenvalue weighted by atomic mass is 10.1. The van der Waals surface area contributed by atoms with Crippen molar-refractivity contribution in [2.45, 2.75) is 12.5 Å². The fraction of sp³-hybridized carbons (Fsp3) is 0.357. The lowest BCUT2D eigenvalue weighted by molar-refractivity contribution is -0.144. The quantitative estimate of drug-likeness (QED) is 0.838. The first-order valence-corrected chi connectivity index (χ1v) is 6.23. The van der Waals surface area contributed by atoms with Gasteiger partial charge in [-0.05, 0) is 12.0 Å². The predicted octanol–water partition coefficient (Wildman–Crippen LogP) is 0.146. The molecule has 1 unspecified atom stereocenters. The lowest BCUT2D eigenvalue weighted by Gasteiger charge is -2.33. The van der Waals surface area contributed by atoms with E-state index in [2.05, 4.69) is 0 Å². The summed E-state index contributed by atoms with van der Waals surface area (Å²) in [4.78, 5) is 24.9. The molecule has 19 heavy (non-hydrogen) atoms. The Morgan fingerprint density at radius 2 is 2.11 bits per heavy atom. The summed E-state index contributed by atoms with van der Waals surface area (Å²) in [6.45, 7) is 1.02. The van der Waals surface area contributed by atoms with Crippen molar-refractivity contribution in [1.29, 1.82) is 0 Å². The molecule has 1 atom stereocenters. The van der Waals surface area contributed by atoms with Crippen molar-refractivity contribution in [1.82, 2.24) is 4.90 Å². The average Bonchev–Trinajstić information content (AvgIpc) is 2.46. The summed E-state index contributed by atoms with van der Waals surface area (Å²) in [7, 11) is 0. The molecular weight excluding hydrogens is 244 g/mol. The van der Waals surface area contributed by atoms with Gasteiger partial charge >= 0.3 is 0 Å². The molecule has 1 saturated heterocycles. The van der Waals surface area contributed by atoms with Crippen molar-refractivity contribution in [3.05, 3.63) is 42.3 Å². The highest BCUT2D eigenvalue weighted by Crippen LogP contribution is 2.10. The van der Waals surface area contributed by atoms with E-state index in [4.69, 9.17) is 10.5 Å². The van der Waals surface area contributed by atoms with Crippen LogP contribution in [0.3, 0.4) is 0 Å². The van der Waals surface area contributed by atoms with Crippen LogP contribution in [0.2, 0.25) is 0 Å². The van der Waals surface area contributed by atoms with Gasteiger partial charge in [0.2, 0.25) is 11.8 Å². The van der Waals surface area contributed by atoms with Crippen LogP contribution in [0.4, 0.5) is 0 Å². The summed E-state index contributed by atoms with van der Waals surface area (Å²) in [5.74, 6) is -0.697. The molecule has 0 bridgehead atoms. The van der Waals surface area contributed by atoms with Gasteiger partial charge in [-0.25, -0.2) is 0 Å². The van der Waals surface area contributed by atoms with Gasteiger partial charge in [0.1, 0.15) is 6.04 Å². The van der Waals surface area contributed by atoms with Crippen molar-refractivity contribution in [3.63, 3.8) is 0 Å². The normalized spacial score (nSPS) is 19.2. The molecule has 1 radical (unpaired) electrons. The van der Waals surface area contributed by atoms with E-state index < -0.39 is 11.9 Å². The standard InChI is InChI=1S/C14H17N2O3/c15-14(18)12-10-19-9-8-16(12)13(17)7-6-11-4-2-1-3-5-11/h1-5,7,12H,6,8-10H2,(H2,15,18). The van der Waals surface area contributed by atoms with Crippen LogP contribution in [-0.2, 0) is 20.7 Å². The molecule has 2 amide bonds. The lowest BCUT2D eigenvalue weighted by Crippen LogP contribution is -2.54. The maximum atomic E-state index is 12.1. The molecule has 2 N–H and O–H groups in total. The van der Waals surface area contributed by atoms with Gasteiger partial charge in [0.25, 0.3) is 0 Å². The van der Waals surface area contributed by atoms with Crippen molar-refractivity contribution < 1.29 is 14.3 Å². The molecule has 5 nitrogen and oxygen atoms in total. The second kappa shape index (κ2) is 6.33. The first-order chi connectivity index (χ1) is 9.18. The van der Waals surface area contributed by atoms with Crippen LogP contribution in [-0.4, -0.2) is 42.5 Å². The number of morpholine rings is 1. The number of carbonyl (C=O) groups excluding carboxylic acids is 2. The molecule has 1 aromatic rings. The van der Waals surface area contributed by atoms with Gasteiger partial charge in [-0.1, -0.05) is 30.3 Å². The van der Waals surface area contributed by atoms with Gasteiger partial charge in [-0.2, -0.15) is 0 Å². The van der Waals surface area contributed by atoms with Crippen molar-refractivity contribution in [2.75, 3.05) is 19.8 Å². The summed E-state index contributed by atoms with van der Waals surface area (Å²) < 4.78 is 5.18. The molecule has 1 aromatic carbocycles. The Balaban J connectivity index is 1.93. The predicted molar refractivity (Wildman–Crippen MR) is 70.0 cm³/mol. The van der Waals surface area contributed by atoms with E-state index in [1.165, 1.54) is 4.90 Å². The molecule has 5 heteroatoms. The summed E-state index contributed by atoms with van der Waals surface area (Å²) in [5.41, 5.74) is 6.33. The third kappa shape index (κ3) is 3.54. The van der Waals surface area contributed by atoms with Gasteiger partial charge in [-0.3, -0.25) is 9.59 Å². The van der Waals surface area contributed by atoms with Crippen molar-refractivity contribution in [2.24, 2.45) is 5.73 Å². The number of primary amides is 1. The highest BCUT2D eigenvalue weighted by molar-refractivity contribution is 5.91. The number of nitrogens with two attached hydrogens (primary N) is 1. The zero-order valence-electron chi connectivity index (χ0n) is 10.6. The Bertz CT molecular complexity index is 447. The molecule has 2 rings (SSSR count). The minimum atomic E-state index is -0.659. The third-order valence-electron chi connectivity index (χ3n) is 3.10. The van der Waals surface area contributed by atoms with Crippen LogP contribution in [0.1, 0.15) is 5.56 Å². The van der Waals surface area contributed by atoms with E-state index in [0.29, 0.717) is 19.6 Å². The van der Waals surface area contributed by atoms with Crippen LogP contribution in [0.5, 0.6) is 0 Å². The van der Waals surface area contributed by atoms with Gasteiger partial charge < -0.3 is 15.4 Å². The molecule has 0 spiro atoms. The molecule has 101 valence electrons. The number of hydrogen-bond donors (Lipinski definition) is 1. The molecule has 1 aliphatic heterocycles. The number of amides is 2. The second-order valence-electron chi connectivity index (χ2n) is 4.42. The zero-order valence-corrected chi connectivity index (χ0v) is 10.6. The minimum Gasteiger partial charge on any atom is -0.377 e. The summed E-state index contributed by atoms with van der Waals surface area (Å²) in [6, 6.07) is 9.02. The van der Waals surface area contributed by atoms with Crippen LogP contribution in [0.25, 0.3) is 0 Å². The highest BCUT2D eigenvalue weighted by atomic mass is 16.5. The number of carbonyl (C=O) groups is 2. The van der Waals surface area contributed by atoms with E-state index >= 15 is 0 Å². The van der Waals surface area contributed by atoms with E-state index in [1.54, 1.807) is 6.42 Å². The largest absolute Gasteiger partial charge is 0.377 e. The minimum absolute atomic E-state index is 0.170. The maximum absolute atomic E-state index is 12.1. The Hall–Kier alpha value is -1.88. The van der Waals surface area contributed by atoms with Gasteiger partial charge in [-0.15, -0.1) is 0 Å². The van der Waals surface area contributed by atoms with Crippen LogP contribution in [0.15, 0.2) is 30.3 Å². The smallest absolute Gasteiger partial charge is 0.242 e. The monoisotopic (exact) mass is 261 g/mol. The molecule has 1 fully saturated rings. The highest BCUT2D eigenvalue weighted by Gasteiger charge is 2.30. The molecule has 0 aromatic heterocycles. The third-order valence-corrected chi connectivity index (χ3v) is 3.10. The van der Waals surface area contributed by atoms with Crippen LogP contribution in [0, 0.1) is 6.42 Å². The van der Waals surface area contributed by atoms with Crippen molar-refractivity contribution in [3.8, 4) is 0 Å². The van der Waals surface area contributed by atoms with E-state index in [0.717, 1.165) is 5.56 Å². The maximum Gasteiger partial charge on any atom is 0.242 e. The molecule has 0 saturated carbocycles. The zero-order chi connectivity index (χ0) is 13.7. The Labute approximate surface area is 112 Å². The SMILES string of the molecule is NC(=O)C1COCCN1C(=O)[CH]Cc1ccccc1. The number of nitrogens with zero attached hydrogens (tertiary/aromatic N) is 1. The fourth-order valence-electron chi connectivity index (χ4n) is 2.04. The molecule has 1 heterocycles. The van der Waals surface area contributed by atoms with Gasteiger partial charge in [0.15, 0.2) is 0 Å². The van der Waals surface area contributed by atoms with Gasteiger partial charge in [0.05, 0.1) is 19.6 Å². The summed E-state index contributed by atoms with van der Waals surface area (Å²) >= 11 is 0. The average molecular weight is 261 g/mol. The van der Waals surface area contributed by atoms with Crippen molar-refractivity contribution >= 4 is 11.8 Å². The molecule has 1 aliphatic rings. The number of ether oxygens (including phenoxy) is 1. The number of benzene rings is 1. The van der Waals surface area contributed by atoms with Crippen LogP contribution < -0.4 is 5.73 Å². The topological polar surface area (TPSA) is 72.6 Å². The summed E-state index contributed by atoms with van der Waals surface area (Å²) in [6.07, 6.45) is 2.12. The second-order valence-corrected chi connectivity index (χ2v) is 4.42. The first kappa shape index (κ1) is 13.5. The van der Waals surface area contributed by atoms with E-state index in [-0.39, 0.29) is 12.5 Å². The van der Waals surface area contributed by atoms with Gasteiger partial charge in [0, 0.05) is 6.54 Å². The molecular formula is C14H17N2O3. The Morgan fingerprint density at radius 1 is 1.37 bits per heavy atom. The van der Waals surface area contributed by atoms with E-state index in [9.17, 15) is 9.59 Å².